The van der Waals surface area contributed by atoms with Crippen LogP contribution in [0.5, 0.6) is 0 Å². The van der Waals surface area contributed by atoms with E-state index in [1.54, 1.807) is 10.6 Å². The van der Waals surface area contributed by atoms with E-state index in [0.717, 1.165) is 0 Å². The number of hydrogen-bond donors (Lipinski definition) is 0. The molecule has 7 heteroatoms. The summed E-state index contributed by atoms with van der Waals surface area (Å²) < 4.78 is 1.80. The van der Waals surface area contributed by atoms with E-state index in [0.29, 0.717) is 11.3 Å². The van der Waals surface area contributed by atoms with E-state index in [-0.39, 0.29) is 5.71 Å². The Bertz CT molecular complexity index is 506. The molecule has 1 amide bonds. The van der Waals surface area contributed by atoms with Crippen LogP contribution in [-0.4, -0.2) is 23.3 Å². The van der Waals surface area contributed by atoms with Crippen molar-refractivity contribution in [1.29, 1.82) is 5.26 Å². The van der Waals surface area contributed by atoms with Crippen LogP contribution in [0.15, 0.2) is 21.7 Å². The second kappa shape index (κ2) is 5.82. The average molecular weight is 238 g/mol. The molecule has 0 aliphatic carbocycles. The maximum absolute atomic E-state index is 11.5. The lowest BCUT2D eigenvalue weighted by Gasteiger charge is -1.94. The van der Waals surface area contributed by atoms with Gasteiger partial charge in [-0.15, -0.1) is 11.3 Å². The molecular weight excluding hydrogens is 228 g/mol. The summed E-state index contributed by atoms with van der Waals surface area (Å²) >= 11 is 1.32. The monoisotopic (exact) mass is 238 g/mol. The van der Waals surface area contributed by atoms with Crippen LogP contribution in [0.2, 0.25) is 0 Å². The van der Waals surface area contributed by atoms with Crippen molar-refractivity contribution in [3.63, 3.8) is 0 Å². The SMILES string of the molecule is CCn1ccsc1=NC(=O)/C(C#N)=N/OC. The van der Waals surface area contributed by atoms with Gasteiger partial charge in [0.1, 0.15) is 13.2 Å². The molecule has 1 rings (SSSR count). The zero-order valence-corrected chi connectivity index (χ0v) is 9.69. The van der Waals surface area contributed by atoms with Gasteiger partial charge in [-0.2, -0.15) is 10.3 Å². The van der Waals surface area contributed by atoms with Gasteiger partial charge in [-0.3, -0.25) is 4.79 Å². The predicted molar refractivity (Wildman–Crippen MR) is 58.6 cm³/mol. The first-order valence-corrected chi connectivity index (χ1v) is 5.35. The Hall–Kier alpha value is -1.94. The minimum atomic E-state index is -0.700. The molecule has 0 saturated carbocycles. The number of nitrogens with zero attached hydrogens (tertiary/aromatic N) is 4. The minimum Gasteiger partial charge on any atom is -0.398 e. The number of rotatable bonds is 3. The molecule has 1 heterocycles. The number of amides is 1. The number of carbonyl (C=O) groups is 1. The normalized spacial score (nSPS) is 12.3. The van der Waals surface area contributed by atoms with Crippen molar-refractivity contribution >= 4 is 23.0 Å². The van der Waals surface area contributed by atoms with E-state index in [9.17, 15) is 4.79 Å². The van der Waals surface area contributed by atoms with Crippen LogP contribution < -0.4 is 4.80 Å². The second-order valence-corrected chi connectivity index (χ2v) is 3.50. The van der Waals surface area contributed by atoms with Gasteiger partial charge in [0.15, 0.2) is 4.80 Å². The molecule has 0 fully saturated rings. The Morgan fingerprint density at radius 1 is 1.75 bits per heavy atom. The Morgan fingerprint density at radius 2 is 2.50 bits per heavy atom. The van der Waals surface area contributed by atoms with E-state index in [2.05, 4.69) is 15.0 Å². The summed E-state index contributed by atoms with van der Waals surface area (Å²) in [6.45, 7) is 2.64. The molecule has 6 nitrogen and oxygen atoms in total. The van der Waals surface area contributed by atoms with Crippen LogP contribution >= 0.6 is 11.3 Å². The first-order chi connectivity index (χ1) is 7.72. The summed E-state index contributed by atoms with van der Waals surface area (Å²) in [6, 6.07) is 1.63. The molecule has 0 bridgehead atoms. The molecule has 84 valence electrons. The number of hydrogen-bond acceptors (Lipinski definition) is 5. The van der Waals surface area contributed by atoms with Crippen molar-refractivity contribution in [2.75, 3.05) is 7.11 Å². The van der Waals surface area contributed by atoms with E-state index >= 15 is 0 Å². The molecule has 0 aliphatic rings. The first kappa shape index (κ1) is 12.1. The van der Waals surface area contributed by atoms with Gasteiger partial charge in [-0.25, -0.2) is 0 Å². The van der Waals surface area contributed by atoms with E-state index in [1.807, 2.05) is 18.5 Å². The molecule has 0 saturated heterocycles. The highest BCUT2D eigenvalue weighted by Gasteiger charge is 2.10. The lowest BCUT2D eigenvalue weighted by Crippen LogP contribution is -2.19. The molecule has 1 aromatic rings. The van der Waals surface area contributed by atoms with Crippen LogP contribution in [0.25, 0.3) is 0 Å². The Morgan fingerprint density at radius 3 is 3.06 bits per heavy atom. The Balaban J connectivity index is 3.06. The van der Waals surface area contributed by atoms with E-state index in [4.69, 9.17) is 5.26 Å². The van der Waals surface area contributed by atoms with Crippen molar-refractivity contribution < 1.29 is 9.63 Å². The van der Waals surface area contributed by atoms with Gasteiger partial charge in [0.25, 0.3) is 0 Å². The zero-order chi connectivity index (χ0) is 12.0. The highest BCUT2D eigenvalue weighted by molar-refractivity contribution is 7.07. The summed E-state index contributed by atoms with van der Waals surface area (Å²) in [5.74, 6) is -0.700. The Kier molecular flexibility index (Phi) is 4.42. The third kappa shape index (κ3) is 2.77. The molecule has 0 unspecified atom stereocenters. The van der Waals surface area contributed by atoms with Crippen LogP contribution in [-0.2, 0) is 16.2 Å². The van der Waals surface area contributed by atoms with Gasteiger partial charge in [0, 0.05) is 18.1 Å². The van der Waals surface area contributed by atoms with Gasteiger partial charge in [0.05, 0.1) is 0 Å². The lowest BCUT2D eigenvalue weighted by molar-refractivity contribution is -0.112. The van der Waals surface area contributed by atoms with Crippen LogP contribution in [0, 0.1) is 11.3 Å². The number of aryl methyl sites for hydroxylation is 1. The number of aromatic nitrogens is 1. The van der Waals surface area contributed by atoms with Crippen LogP contribution in [0.1, 0.15) is 6.92 Å². The predicted octanol–water partition coefficient (Wildman–Crippen LogP) is 0.523. The van der Waals surface area contributed by atoms with Crippen molar-refractivity contribution in [2.24, 2.45) is 10.1 Å². The number of carbonyl (C=O) groups excluding carboxylic acids is 1. The third-order valence-electron chi connectivity index (χ3n) is 1.69. The fourth-order valence-electron chi connectivity index (χ4n) is 0.966. The molecule has 0 atom stereocenters. The molecule has 0 spiro atoms. The number of thiazole rings is 1. The third-order valence-corrected chi connectivity index (χ3v) is 2.48. The maximum atomic E-state index is 11.5. The molecule has 1 aromatic heterocycles. The maximum Gasteiger partial charge on any atom is 0.312 e. The quantitative estimate of drug-likeness (QED) is 0.569. The molecule has 0 radical (unpaired) electrons. The van der Waals surface area contributed by atoms with Gasteiger partial charge in [-0.1, -0.05) is 5.16 Å². The van der Waals surface area contributed by atoms with Gasteiger partial charge in [0.2, 0.25) is 5.71 Å². The number of oxime groups is 1. The van der Waals surface area contributed by atoms with Crippen LogP contribution in [0.3, 0.4) is 0 Å². The summed E-state index contributed by atoms with van der Waals surface area (Å²) in [4.78, 5) is 20.2. The van der Waals surface area contributed by atoms with Crippen LogP contribution in [0.4, 0.5) is 0 Å². The van der Waals surface area contributed by atoms with Gasteiger partial charge < -0.3 is 9.40 Å². The van der Waals surface area contributed by atoms with Crippen molar-refractivity contribution in [3.8, 4) is 6.07 Å². The largest absolute Gasteiger partial charge is 0.398 e. The molecule has 16 heavy (non-hydrogen) atoms. The highest BCUT2D eigenvalue weighted by Crippen LogP contribution is 1.91. The molecule has 0 aliphatic heterocycles. The first-order valence-electron chi connectivity index (χ1n) is 4.47. The van der Waals surface area contributed by atoms with E-state index in [1.165, 1.54) is 18.4 Å². The topological polar surface area (TPSA) is 79.7 Å². The second-order valence-electron chi connectivity index (χ2n) is 2.62. The summed E-state index contributed by atoms with van der Waals surface area (Å²) in [5, 5.41) is 13.7. The standard InChI is InChI=1S/C9H10N4O2S/c1-3-13-4-5-16-9(13)11-8(14)7(6-10)12-15-2/h4-5H,3H2,1-2H3/b11-9?,12-7+. The summed E-state index contributed by atoms with van der Waals surface area (Å²) in [6.07, 6.45) is 1.82. The van der Waals surface area contributed by atoms with Crippen molar-refractivity contribution in [3.05, 3.63) is 16.4 Å². The Labute approximate surface area is 96.1 Å². The number of nitriles is 1. The average Bonchev–Trinajstić information content (AvgIpc) is 2.72. The zero-order valence-electron chi connectivity index (χ0n) is 8.88. The van der Waals surface area contributed by atoms with Crippen molar-refractivity contribution in [1.82, 2.24) is 4.57 Å². The van der Waals surface area contributed by atoms with Gasteiger partial charge in [-0.05, 0) is 6.92 Å². The highest BCUT2D eigenvalue weighted by atomic mass is 32.1. The summed E-state index contributed by atoms with van der Waals surface area (Å²) in [5.41, 5.74) is -0.362. The fourth-order valence-corrected chi connectivity index (χ4v) is 1.76. The lowest BCUT2D eigenvalue weighted by atomic mass is 10.4. The molecular formula is C9H10N4O2S. The molecule has 0 N–H and O–H groups in total. The summed E-state index contributed by atoms with van der Waals surface area (Å²) in [7, 11) is 1.27. The van der Waals surface area contributed by atoms with Gasteiger partial charge >= 0.3 is 5.91 Å². The van der Waals surface area contributed by atoms with Crippen molar-refractivity contribution in [2.45, 2.75) is 13.5 Å². The smallest absolute Gasteiger partial charge is 0.312 e. The molecule has 0 aromatic carbocycles. The fraction of sp³-hybridized carbons (Fsp3) is 0.333. The van der Waals surface area contributed by atoms with E-state index < -0.39 is 5.91 Å². The minimum absolute atomic E-state index is 0.362.